The Kier molecular flexibility index (Phi) is 5.33. The summed E-state index contributed by atoms with van der Waals surface area (Å²) in [5.74, 6) is -0.546. The Morgan fingerprint density at radius 3 is 2.82 bits per heavy atom. The molecule has 0 atom stereocenters. The highest BCUT2D eigenvalue weighted by atomic mass is 32.2. The molecule has 22 heavy (non-hydrogen) atoms. The van der Waals surface area contributed by atoms with Crippen molar-refractivity contribution in [2.75, 3.05) is 26.7 Å². The maximum atomic E-state index is 12.3. The lowest BCUT2D eigenvalue weighted by Gasteiger charge is -2.15. The van der Waals surface area contributed by atoms with Crippen LogP contribution in [0.15, 0.2) is 34.7 Å². The average molecular weight is 324 g/mol. The quantitative estimate of drug-likeness (QED) is 0.623. The van der Waals surface area contributed by atoms with Gasteiger partial charge in [-0.15, -0.1) is 0 Å². The molecule has 6 nitrogen and oxygen atoms in total. The smallest absolute Gasteiger partial charge is 0.338 e. The van der Waals surface area contributed by atoms with E-state index in [0.717, 1.165) is 25.1 Å². The van der Waals surface area contributed by atoms with Crippen LogP contribution in [0, 0.1) is 6.92 Å². The Labute approximate surface area is 130 Å². The van der Waals surface area contributed by atoms with E-state index in [0.29, 0.717) is 5.56 Å². The standard InChI is InChI=1S/C15H20N2O4S/c1-11-3-4-13(9-14(11)15(18)21-2)22(19,20)17-10-12-5-7-16-8-6-12/h3-5,9,16-17H,6-8,10H2,1-2H3. The van der Waals surface area contributed by atoms with E-state index in [1.807, 2.05) is 6.08 Å². The number of esters is 1. The van der Waals surface area contributed by atoms with E-state index in [9.17, 15) is 13.2 Å². The molecule has 0 saturated heterocycles. The predicted molar refractivity (Wildman–Crippen MR) is 83.3 cm³/mol. The fraction of sp³-hybridized carbons (Fsp3) is 0.400. The largest absolute Gasteiger partial charge is 0.465 e. The van der Waals surface area contributed by atoms with Crippen LogP contribution < -0.4 is 10.0 Å². The summed E-state index contributed by atoms with van der Waals surface area (Å²) in [7, 11) is -2.39. The highest BCUT2D eigenvalue weighted by molar-refractivity contribution is 7.89. The van der Waals surface area contributed by atoms with Crippen molar-refractivity contribution < 1.29 is 17.9 Å². The monoisotopic (exact) mass is 324 g/mol. The lowest BCUT2D eigenvalue weighted by Crippen LogP contribution is -2.29. The number of hydrogen-bond donors (Lipinski definition) is 2. The lowest BCUT2D eigenvalue weighted by molar-refractivity contribution is 0.0599. The van der Waals surface area contributed by atoms with Crippen LogP contribution in [0.25, 0.3) is 0 Å². The molecule has 1 aromatic carbocycles. The second-order valence-corrected chi connectivity index (χ2v) is 6.88. The minimum absolute atomic E-state index is 0.0630. The summed E-state index contributed by atoms with van der Waals surface area (Å²) in [5.41, 5.74) is 1.99. The average Bonchev–Trinajstić information content (AvgIpc) is 2.53. The third-order valence-corrected chi connectivity index (χ3v) is 4.97. The molecule has 7 heteroatoms. The molecule has 0 fully saturated rings. The molecule has 0 bridgehead atoms. The molecule has 0 saturated carbocycles. The van der Waals surface area contributed by atoms with Gasteiger partial charge in [0, 0.05) is 13.1 Å². The van der Waals surface area contributed by atoms with E-state index >= 15 is 0 Å². The molecular formula is C15H20N2O4S. The Balaban J connectivity index is 2.18. The number of nitrogens with one attached hydrogen (secondary N) is 2. The Bertz CT molecular complexity index is 695. The van der Waals surface area contributed by atoms with Crippen molar-refractivity contribution in [2.24, 2.45) is 0 Å². The Morgan fingerprint density at radius 1 is 1.41 bits per heavy atom. The second-order valence-electron chi connectivity index (χ2n) is 5.11. The van der Waals surface area contributed by atoms with E-state index in [1.54, 1.807) is 13.0 Å². The van der Waals surface area contributed by atoms with Crippen molar-refractivity contribution in [3.05, 3.63) is 41.0 Å². The zero-order valence-corrected chi connectivity index (χ0v) is 13.5. The van der Waals surface area contributed by atoms with E-state index in [2.05, 4.69) is 14.8 Å². The molecule has 0 aromatic heterocycles. The number of rotatable bonds is 5. The molecule has 120 valence electrons. The third kappa shape index (κ3) is 3.94. The SMILES string of the molecule is COC(=O)c1cc(S(=O)(=O)NCC2=CCNCC2)ccc1C. The van der Waals surface area contributed by atoms with E-state index < -0.39 is 16.0 Å². The molecule has 0 unspecified atom stereocenters. The number of aryl methyl sites for hydroxylation is 1. The highest BCUT2D eigenvalue weighted by Gasteiger charge is 2.18. The maximum Gasteiger partial charge on any atom is 0.338 e. The van der Waals surface area contributed by atoms with E-state index in [-0.39, 0.29) is 17.0 Å². The topological polar surface area (TPSA) is 84.5 Å². The van der Waals surface area contributed by atoms with Gasteiger partial charge in [0.1, 0.15) is 0 Å². The first kappa shape index (κ1) is 16.7. The van der Waals surface area contributed by atoms with Crippen molar-refractivity contribution in [2.45, 2.75) is 18.2 Å². The van der Waals surface area contributed by atoms with Gasteiger partial charge in [0.15, 0.2) is 0 Å². The van der Waals surface area contributed by atoms with Crippen LogP contribution in [0.3, 0.4) is 0 Å². The van der Waals surface area contributed by atoms with Crippen LogP contribution in [0.5, 0.6) is 0 Å². The van der Waals surface area contributed by atoms with E-state index in [4.69, 9.17) is 0 Å². The molecule has 0 radical (unpaired) electrons. The molecule has 1 heterocycles. The van der Waals surface area contributed by atoms with Gasteiger partial charge in [0.25, 0.3) is 0 Å². The molecule has 1 aliphatic rings. The van der Waals surface area contributed by atoms with Crippen molar-refractivity contribution in [1.29, 1.82) is 0 Å². The van der Waals surface area contributed by atoms with Gasteiger partial charge in [-0.2, -0.15) is 0 Å². The molecular weight excluding hydrogens is 304 g/mol. The Morgan fingerprint density at radius 2 is 2.18 bits per heavy atom. The van der Waals surface area contributed by atoms with Gasteiger partial charge in [0.2, 0.25) is 10.0 Å². The first-order valence-electron chi connectivity index (χ1n) is 7.01. The fourth-order valence-corrected chi connectivity index (χ4v) is 3.26. The van der Waals surface area contributed by atoms with Crippen molar-refractivity contribution in [3.8, 4) is 0 Å². The fourth-order valence-electron chi connectivity index (χ4n) is 2.20. The minimum atomic E-state index is -3.66. The Hall–Kier alpha value is -1.70. The first-order chi connectivity index (χ1) is 10.4. The van der Waals surface area contributed by atoms with Crippen LogP contribution >= 0.6 is 0 Å². The number of ether oxygens (including phenoxy) is 1. The summed E-state index contributed by atoms with van der Waals surface area (Å²) in [6.45, 7) is 3.63. The molecule has 0 aliphatic carbocycles. The lowest BCUT2D eigenvalue weighted by atomic mass is 10.1. The molecule has 2 N–H and O–H groups in total. The van der Waals surface area contributed by atoms with Gasteiger partial charge < -0.3 is 10.1 Å². The van der Waals surface area contributed by atoms with Crippen molar-refractivity contribution in [3.63, 3.8) is 0 Å². The number of methoxy groups -OCH3 is 1. The van der Waals surface area contributed by atoms with Gasteiger partial charge in [-0.25, -0.2) is 17.9 Å². The van der Waals surface area contributed by atoms with Crippen LogP contribution in [0.1, 0.15) is 22.3 Å². The minimum Gasteiger partial charge on any atom is -0.465 e. The predicted octanol–water partition coefficient (Wildman–Crippen LogP) is 0.980. The van der Waals surface area contributed by atoms with Crippen LogP contribution in [0.4, 0.5) is 0 Å². The number of carbonyl (C=O) groups excluding carboxylic acids is 1. The van der Waals surface area contributed by atoms with Crippen LogP contribution in [0.2, 0.25) is 0 Å². The van der Waals surface area contributed by atoms with Gasteiger partial charge >= 0.3 is 5.97 Å². The number of carbonyl (C=O) groups is 1. The molecule has 2 rings (SSSR count). The van der Waals surface area contributed by atoms with Crippen LogP contribution in [-0.2, 0) is 14.8 Å². The summed E-state index contributed by atoms with van der Waals surface area (Å²) in [6, 6.07) is 4.44. The molecule has 0 spiro atoms. The third-order valence-electron chi connectivity index (χ3n) is 3.57. The summed E-state index contributed by atoms with van der Waals surface area (Å²) in [4.78, 5) is 11.7. The zero-order chi connectivity index (χ0) is 16.2. The van der Waals surface area contributed by atoms with Crippen molar-refractivity contribution in [1.82, 2.24) is 10.0 Å². The van der Waals surface area contributed by atoms with Crippen molar-refractivity contribution >= 4 is 16.0 Å². The summed E-state index contributed by atoms with van der Waals surface area (Å²) >= 11 is 0. The van der Waals surface area contributed by atoms with Gasteiger partial charge in [-0.3, -0.25) is 0 Å². The first-order valence-corrected chi connectivity index (χ1v) is 8.49. The molecule has 1 aliphatic heterocycles. The summed E-state index contributed by atoms with van der Waals surface area (Å²) in [6.07, 6.45) is 2.81. The van der Waals surface area contributed by atoms with Gasteiger partial charge in [-0.1, -0.05) is 17.7 Å². The number of hydrogen-bond acceptors (Lipinski definition) is 5. The van der Waals surface area contributed by atoms with Gasteiger partial charge in [-0.05, 0) is 37.6 Å². The summed E-state index contributed by atoms with van der Waals surface area (Å²) < 4.78 is 31.9. The second kappa shape index (κ2) is 7.04. The normalized spacial score (nSPS) is 15.3. The molecule has 0 amide bonds. The zero-order valence-electron chi connectivity index (χ0n) is 12.7. The maximum absolute atomic E-state index is 12.3. The number of sulfonamides is 1. The molecule has 1 aromatic rings. The number of benzene rings is 1. The van der Waals surface area contributed by atoms with Gasteiger partial charge in [0.05, 0.1) is 17.6 Å². The van der Waals surface area contributed by atoms with E-state index in [1.165, 1.54) is 19.2 Å². The van der Waals surface area contributed by atoms with Crippen LogP contribution in [-0.4, -0.2) is 41.1 Å². The highest BCUT2D eigenvalue weighted by Crippen LogP contribution is 2.17. The summed E-state index contributed by atoms with van der Waals surface area (Å²) in [5, 5.41) is 3.17.